The zero-order chi connectivity index (χ0) is 14.8. The van der Waals surface area contributed by atoms with Crippen LogP contribution in [0.3, 0.4) is 0 Å². The predicted molar refractivity (Wildman–Crippen MR) is 75.5 cm³/mol. The third-order valence-electron chi connectivity index (χ3n) is 3.25. The molecule has 3 rings (SSSR count). The summed E-state index contributed by atoms with van der Waals surface area (Å²) >= 11 is 0. The molecule has 0 amide bonds. The molecular formula is C16H14O5. The maximum atomic E-state index is 12.6. The Morgan fingerprint density at radius 3 is 2.24 bits per heavy atom. The minimum absolute atomic E-state index is 0.134. The number of benzene rings is 2. The van der Waals surface area contributed by atoms with Gasteiger partial charge in [0.1, 0.15) is 11.5 Å². The van der Waals surface area contributed by atoms with Crippen molar-refractivity contribution in [2.24, 2.45) is 0 Å². The Balaban J connectivity index is 1.98. The van der Waals surface area contributed by atoms with Crippen LogP contribution in [0.15, 0.2) is 36.4 Å². The van der Waals surface area contributed by atoms with E-state index in [2.05, 4.69) is 0 Å². The van der Waals surface area contributed by atoms with E-state index in [1.807, 2.05) is 0 Å². The summed E-state index contributed by atoms with van der Waals surface area (Å²) < 4.78 is 20.9. The number of carbonyl (C=O) groups excluding carboxylic acids is 1. The van der Waals surface area contributed by atoms with Crippen LogP contribution < -0.4 is 18.9 Å². The van der Waals surface area contributed by atoms with Crippen LogP contribution in [0, 0.1) is 0 Å². The quantitative estimate of drug-likeness (QED) is 0.809. The molecule has 2 aromatic rings. The van der Waals surface area contributed by atoms with Gasteiger partial charge in [-0.25, -0.2) is 0 Å². The number of hydrogen-bond acceptors (Lipinski definition) is 5. The molecule has 0 fully saturated rings. The number of fused-ring (bicyclic) bond motifs is 1. The van der Waals surface area contributed by atoms with Crippen molar-refractivity contribution in [2.75, 3.05) is 21.0 Å². The number of hydrogen-bond donors (Lipinski definition) is 0. The molecule has 5 heteroatoms. The molecule has 0 radical (unpaired) electrons. The molecule has 2 aromatic carbocycles. The van der Waals surface area contributed by atoms with Crippen molar-refractivity contribution < 1.29 is 23.7 Å². The number of ether oxygens (including phenoxy) is 4. The van der Waals surface area contributed by atoms with Crippen molar-refractivity contribution in [3.63, 3.8) is 0 Å². The number of ketones is 1. The first-order valence-electron chi connectivity index (χ1n) is 6.38. The van der Waals surface area contributed by atoms with Crippen molar-refractivity contribution in [3.05, 3.63) is 47.5 Å². The molecule has 0 aliphatic carbocycles. The monoisotopic (exact) mass is 286 g/mol. The molecular weight excluding hydrogens is 272 g/mol. The van der Waals surface area contributed by atoms with Gasteiger partial charge in [0.25, 0.3) is 0 Å². The highest BCUT2D eigenvalue weighted by Gasteiger charge is 2.18. The fourth-order valence-corrected chi connectivity index (χ4v) is 2.14. The van der Waals surface area contributed by atoms with Gasteiger partial charge in [-0.05, 0) is 30.3 Å². The highest BCUT2D eigenvalue weighted by molar-refractivity contribution is 6.09. The van der Waals surface area contributed by atoms with Crippen molar-refractivity contribution in [1.29, 1.82) is 0 Å². The molecule has 0 spiro atoms. The third kappa shape index (κ3) is 2.50. The second kappa shape index (κ2) is 5.36. The lowest BCUT2D eigenvalue weighted by Crippen LogP contribution is -2.02. The molecule has 1 aliphatic rings. The third-order valence-corrected chi connectivity index (χ3v) is 3.25. The van der Waals surface area contributed by atoms with Gasteiger partial charge in [0.05, 0.1) is 14.2 Å². The lowest BCUT2D eigenvalue weighted by molar-refractivity contribution is 0.103. The lowest BCUT2D eigenvalue weighted by atomic mass is 10.0. The molecule has 108 valence electrons. The van der Waals surface area contributed by atoms with Crippen LogP contribution in [0.1, 0.15) is 15.9 Å². The average Bonchev–Trinajstić information content (AvgIpc) is 3.01. The van der Waals surface area contributed by atoms with Crippen molar-refractivity contribution in [2.45, 2.75) is 0 Å². The van der Waals surface area contributed by atoms with E-state index in [0.29, 0.717) is 34.1 Å². The van der Waals surface area contributed by atoms with E-state index in [4.69, 9.17) is 18.9 Å². The first-order chi connectivity index (χ1) is 10.2. The second-order valence-electron chi connectivity index (χ2n) is 4.50. The fraction of sp³-hybridized carbons (Fsp3) is 0.188. The molecule has 1 aliphatic heterocycles. The fourth-order valence-electron chi connectivity index (χ4n) is 2.14. The van der Waals surface area contributed by atoms with Gasteiger partial charge >= 0.3 is 0 Å². The zero-order valence-electron chi connectivity index (χ0n) is 11.7. The van der Waals surface area contributed by atoms with E-state index in [9.17, 15) is 4.79 Å². The van der Waals surface area contributed by atoms with Gasteiger partial charge in [-0.1, -0.05) is 0 Å². The van der Waals surface area contributed by atoms with Crippen LogP contribution >= 0.6 is 0 Å². The highest BCUT2D eigenvalue weighted by atomic mass is 16.7. The maximum Gasteiger partial charge on any atom is 0.231 e. The van der Waals surface area contributed by atoms with Crippen LogP contribution in [0.4, 0.5) is 0 Å². The lowest BCUT2D eigenvalue weighted by Gasteiger charge is -2.08. The largest absolute Gasteiger partial charge is 0.497 e. The zero-order valence-corrected chi connectivity index (χ0v) is 11.7. The minimum atomic E-state index is -0.134. The summed E-state index contributed by atoms with van der Waals surface area (Å²) in [5, 5.41) is 0. The molecule has 0 saturated heterocycles. The van der Waals surface area contributed by atoms with E-state index in [1.165, 1.54) is 0 Å². The molecule has 21 heavy (non-hydrogen) atoms. The predicted octanol–water partition coefficient (Wildman–Crippen LogP) is 2.66. The van der Waals surface area contributed by atoms with Gasteiger partial charge < -0.3 is 18.9 Å². The Morgan fingerprint density at radius 2 is 1.57 bits per heavy atom. The molecule has 0 N–H and O–H groups in total. The number of methoxy groups -OCH3 is 2. The summed E-state index contributed by atoms with van der Waals surface area (Å²) in [5.74, 6) is 2.23. The van der Waals surface area contributed by atoms with Crippen LogP contribution in [0.5, 0.6) is 23.0 Å². The van der Waals surface area contributed by atoms with E-state index >= 15 is 0 Å². The van der Waals surface area contributed by atoms with Crippen LogP contribution in [0.25, 0.3) is 0 Å². The summed E-state index contributed by atoms with van der Waals surface area (Å²) in [6.45, 7) is 0.181. The van der Waals surface area contributed by atoms with E-state index in [0.717, 1.165) is 0 Å². The van der Waals surface area contributed by atoms with E-state index < -0.39 is 0 Å². The molecule has 0 aromatic heterocycles. The van der Waals surface area contributed by atoms with E-state index in [1.54, 1.807) is 50.6 Å². The van der Waals surface area contributed by atoms with Crippen LogP contribution in [-0.4, -0.2) is 26.8 Å². The second-order valence-corrected chi connectivity index (χ2v) is 4.50. The molecule has 0 unspecified atom stereocenters. The van der Waals surface area contributed by atoms with Gasteiger partial charge in [0.2, 0.25) is 6.79 Å². The van der Waals surface area contributed by atoms with Gasteiger partial charge in [0, 0.05) is 17.2 Å². The standard InChI is InChI=1S/C16H14O5/c1-18-12-5-11(6-13(8-12)19-2)16(17)10-3-4-14-15(7-10)21-9-20-14/h3-8H,9H2,1-2H3. The van der Waals surface area contributed by atoms with Crippen LogP contribution in [-0.2, 0) is 0 Å². The highest BCUT2D eigenvalue weighted by Crippen LogP contribution is 2.33. The van der Waals surface area contributed by atoms with Crippen molar-refractivity contribution in [3.8, 4) is 23.0 Å². The van der Waals surface area contributed by atoms with Crippen molar-refractivity contribution >= 4 is 5.78 Å². The smallest absolute Gasteiger partial charge is 0.231 e. The van der Waals surface area contributed by atoms with Gasteiger partial charge in [-0.3, -0.25) is 4.79 Å². The topological polar surface area (TPSA) is 54.0 Å². The Morgan fingerprint density at radius 1 is 0.905 bits per heavy atom. The summed E-state index contributed by atoms with van der Waals surface area (Å²) in [6, 6.07) is 10.2. The molecule has 0 saturated carbocycles. The number of carbonyl (C=O) groups is 1. The average molecular weight is 286 g/mol. The summed E-state index contributed by atoms with van der Waals surface area (Å²) in [4.78, 5) is 12.6. The number of rotatable bonds is 4. The van der Waals surface area contributed by atoms with Gasteiger partial charge in [-0.15, -0.1) is 0 Å². The van der Waals surface area contributed by atoms with Gasteiger partial charge in [0.15, 0.2) is 17.3 Å². The SMILES string of the molecule is COc1cc(OC)cc(C(=O)c2ccc3c(c2)OCO3)c1. The Bertz CT molecular complexity index is 671. The normalized spacial score (nSPS) is 12.1. The van der Waals surface area contributed by atoms with Crippen molar-refractivity contribution in [1.82, 2.24) is 0 Å². The summed E-state index contributed by atoms with van der Waals surface area (Å²) in [6.07, 6.45) is 0. The first kappa shape index (κ1) is 13.3. The summed E-state index contributed by atoms with van der Waals surface area (Å²) in [7, 11) is 3.09. The van der Waals surface area contributed by atoms with Gasteiger partial charge in [-0.2, -0.15) is 0 Å². The Hall–Kier alpha value is -2.69. The molecule has 0 bridgehead atoms. The molecule has 5 nitrogen and oxygen atoms in total. The minimum Gasteiger partial charge on any atom is -0.497 e. The van der Waals surface area contributed by atoms with E-state index in [-0.39, 0.29) is 12.6 Å². The Labute approximate surface area is 122 Å². The summed E-state index contributed by atoms with van der Waals surface area (Å²) in [5.41, 5.74) is 1.01. The maximum absolute atomic E-state index is 12.6. The Kier molecular flexibility index (Phi) is 3.39. The first-order valence-corrected chi connectivity index (χ1v) is 6.38. The molecule has 0 atom stereocenters. The molecule has 1 heterocycles. The van der Waals surface area contributed by atoms with Crippen LogP contribution in [0.2, 0.25) is 0 Å².